The van der Waals surface area contributed by atoms with Crippen molar-refractivity contribution in [2.24, 2.45) is 5.41 Å². The second-order valence-electron chi connectivity index (χ2n) is 6.59. The van der Waals surface area contributed by atoms with Gasteiger partial charge in [0.2, 0.25) is 5.91 Å². The molecule has 1 amide bonds. The van der Waals surface area contributed by atoms with Crippen LogP contribution in [0.25, 0.3) is 0 Å². The number of carbonyl (C=O) groups excluding carboxylic acids is 1. The van der Waals surface area contributed by atoms with Gasteiger partial charge in [-0.3, -0.25) is 9.69 Å². The van der Waals surface area contributed by atoms with E-state index in [-0.39, 0.29) is 11.3 Å². The molecule has 0 aromatic carbocycles. The minimum absolute atomic E-state index is 0.187. The van der Waals surface area contributed by atoms with Gasteiger partial charge in [0.15, 0.2) is 0 Å². The Balaban J connectivity index is 2.01. The first-order valence-electron chi connectivity index (χ1n) is 7.12. The lowest BCUT2D eigenvalue weighted by Gasteiger charge is -2.24. The van der Waals surface area contributed by atoms with Gasteiger partial charge in [0, 0.05) is 12.2 Å². The van der Waals surface area contributed by atoms with E-state index >= 15 is 0 Å². The molecule has 0 unspecified atom stereocenters. The van der Waals surface area contributed by atoms with E-state index in [1.54, 1.807) is 0 Å². The highest BCUT2D eigenvalue weighted by molar-refractivity contribution is 5.80. The molecular weight excluding hydrogens is 224 g/mol. The minimum atomic E-state index is 0.187. The Hall–Kier alpha value is -0.830. The van der Waals surface area contributed by atoms with Crippen LogP contribution in [0.4, 0.5) is 0 Å². The number of hydrogen-bond donors (Lipinski definition) is 0. The normalized spacial score (nSPS) is 22.1. The quantitative estimate of drug-likeness (QED) is 0.752. The molecule has 0 radical (unpaired) electrons. The zero-order valence-corrected chi connectivity index (χ0v) is 12.3. The molecule has 0 atom stereocenters. The van der Waals surface area contributed by atoms with Crippen molar-refractivity contribution in [3.63, 3.8) is 0 Å². The Morgan fingerprint density at radius 1 is 1.17 bits per heavy atom. The minimum Gasteiger partial charge on any atom is -0.315 e. The number of hydrogen-bond acceptors (Lipinski definition) is 2. The zero-order valence-electron chi connectivity index (χ0n) is 12.3. The van der Waals surface area contributed by atoms with E-state index in [0.29, 0.717) is 6.54 Å². The van der Waals surface area contributed by atoms with Crippen LogP contribution in [-0.4, -0.2) is 41.9 Å². The molecule has 2 aliphatic rings. The molecule has 0 saturated carbocycles. The van der Waals surface area contributed by atoms with Gasteiger partial charge in [0.1, 0.15) is 0 Å². The first kappa shape index (κ1) is 13.6. The molecule has 18 heavy (non-hydrogen) atoms. The summed E-state index contributed by atoms with van der Waals surface area (Å²) in [6.45, 7) is 12.5. The summed E-state index contributed by atoms with van der Waals surface area (Å²) in [7, 11) is 0. The predicted octanol–water partition coefficient (Wildman–Crippen LogP) is 2.63. The second-order valence-corrected chi connectivity index (χ2v) is 6.59. The number of nitrogens with zero attached hydrogens (tertiary/aromatic N) is 2. The Labute approximate surface area is 111 Å². The standard InChI is InChI=1S/C15H26N2O/c1-12-13(15(2,3)4)7-10-17(12)14(18)11-16-8-5-6-9-16/h5-11H2,1-4H3. The molecule has 0 spiro atoms. The van der Waals surface area contributed by atoms with E-state index in [4.69, 9.17) is 0 Å². The Kier molecular flexibility index (Phi) is 3.81. The van der Waals surface area contributed by atoms with Crippen molar-refractivity contribution in [2.45, 2.75) is 47.0 Å². The lowest BCUT2D eigenvalue weighted by atomic mass is 9.85. The molecule has 3 nitrogen and oxygen atoms in total. The van der Waals surface area contributed by atoms with Crippen molar-refractivity contribution in [1.29, 1.82) is 0 Å². The van der Waals surface area contributed by atoms with E-state index in [1.807, 2.05) is 4.90 Å². The fraction of sp³-hybridized carbons (Fsp3) is 0.800. The maximum atomic E-state index is 12.3. The molecular formula is C15H26N2O. The van der Waals surface area contributed by atoms with Crippen molar-refractivity contribution in [1.82, 2.24) is 9.80 Å². The van der Waals surface area contributed by atoms with Gasteiger partial charge in [0.25, 0.3) is 0 Å². The van der Waals surface area contributed by atoms with Gasteiger partial charge in [-0.05, 0) is 50.3 Å². The zero-order chi connectivity index (χ0) is 13.3. The van der Waals surface area contributed by atoms with Crippen molar-refractivity contribution in [2.75, 3.05) is 26.2 Å². The molecule has 0 aliphatic carbocycles. The SMILES string of the molecule is CC1=C(C(C)(C)C)CCN1C(=O)CN1CCCC1. The van der Waals surface area contributed by atoms with Crippen LogP contribution in [0.2, 0.25) is 0 Å². The lowest BCUT2D eigenvalue weighted by molar-refractivity contribution is -0.129. The van der Waals surface area contributed by atoms with Crippen LogP contribution in [0.1, 0.15) is 47.0 Å². The third kappa shape index (κ3) is 2.77. The molecule has 2 rings (SSSR count). The van der Waals surface area contributed by atoms with Crippen LogP contribution in [0, 0.1) is 5.41 Å². The number of allylic oxidation sites excluding steroid dienone is 1. The number of amides is 1. The van der Waals surface area contributed by atoms with Gasteiger partial charge < -0.3 is 4.90 Å². The molecule has 0 N–H and O–H groups in total. The van der Waals surface area contributed by atoms with E-state index in [2.05, 4.69) is 32.6 Å². The van der Waals surface area contributed by atoms with Crippen LogP contribution >= 0.6 is 0 Å². The molecule has 102 valence electrons. The first-order chi connectivity index (χ1) is 8.39. The monoisotopic (exact) mass is 250 g/mol. The van der Waals surface area contributed by atoms with Crippen molar-refractivity contribution in [3.8, 4) is 0 Å². The van der Waals surface area contributed by atoms with Crippen LogP contribution in [0.3, 0.4) is 0 Å². The van der Waals surface area contributed by atoms with E-state index in [1.165, 1.54) is 24.1 Å². The van der Waals surface area contributed by atoms with Crippen LogP contribution in [0.5, 0.6) is 0 Å². The van der Waals surface area contributed by atoms with Crippen LogP contribution < -0.4 is 0 Å². The lowest BCUT2D eigenvalue weighted by Crippen LogP contribution is -2.37. The van der Waals surface area contributed by atoms with Gasteiger partial charge in [-0.1, -0.05) is 20.8 Å². The highest BCUT2D eigenvalue weighted by Gasteiger charge is 2.31. The first-order valence-corrected chi connectivity index (χ1v) is 7.12. The maximum Gasteiger partial charge on any atom is 0.240 e. The van der Waals surface area contributed by atoms with Gasteiger partial charge in [0.05, 0.1) is 6.54 Å². The van der Waals surface area contributed by atoms with E-state index < -0.39 is 0 Å². The third-order valence-corrected chi connectivity index (χ3v) is 4.19. The highest BCUT2D eigenvalue weighted by atomic mass is 16.2. The smallest absolute Gasteiger partial charge is 0.240 e. The summed E-state index contributed by atoms with van der Waals surface area (Å²) in [4.78, 5) is 16.6. The fourth-order valence-electron chi connectivity index (χ4n) is 3.18. The number of rotatable bonds is 2. The van der Waals surface area contributed by atoms with Crippen LogP contribution in [-0.2, 0) is 4.79 Å². The van der Waals surface area contributed by atoms with E-state index in [0.717, 1.165) is 26.1 Å². The summed E-state index contributed by atoms with van der Waals surface area (Å²) in [5.74, 6) is 0.286. The van der Waals surface area contributed by atoms with E-state index in [9.17, 15) is 4.79 Å². The third-order valence-electron chi connectivity index (χ3n) is 4.19. The summed E-state index contributed by atoms with van der Waals surface area (Å²) in [5.41, 5.74) is 2.83. The summed E-state index contributed by atoms with van der Waals surface area (Å²) < 4.78 is 0. The number of likely N-dealkylation sites (tertiary alicyclic amines) is 1. The number of carbonyl (C=O) groups is 1. The average Bonchev–Trinajstić information content (AvgIpc) is 2.85. The van der Waals surface area contributed by atoms with Crippen molar-refractivity contribution >= 4 is 5.91 Å². The van der Waals surface area contributed by atoms with Gasteiger partial charge in [-0.2, -0.15) is 0 Å². The molecule has 0 aromatic rings. The second kappa shape index (κ2) is 5.04. The molecule has 2 heterocycles. The fourth-order valence-corrected chi connectivity index (χ4v) is 3.18. The predicted molar refractivity (Wildman–Crippen MR) is 74.2 cm³/mol. The average molecular weight is 250 g/mol. The van der Waals surface area contributed by atoms with Crippen LogP contribution in [0.15, 0.2) is 11.3 Å². The Bertz CT molecular complexity index is 359. The largest absolute Gasteiger partial charge is 0.315 e. The highest BCUT2D eigenvalue weighted by Crippen LogP contribution is 2.36. The Morgan fingerprint density at radius 3 is 2.28 bits per heavy atom. The maximum absolute atomic E-state index is 12.3. The molecule has 1 saturated heterocycles. The Morgan fingerprint density at radius 2 is 1.78 bits per heavy atom. The van der Waals surface area contributed by atoms with Gasteiger partial charge >= 0.3 is 0 Å². The topological polar surface area (TPSA) is 23.6 Å². The molecule has 3 heteroatoms. The molecule has 1 fully saturated rings. The molecule has 2 aliphatic heterocycles. The van der Waals surface area contributed by atoms with Crippen molar-refractivity contribution < 1.29 is 4.79 Å². The molecule has 0 aromatic heterocycles. The summed E-state index contributed by atoms with van der Waals surface area (Å²) >= 11 is 0. The summed E-state index contributed by atoms with van der Waals surface area (Å²) in [6.07, 6.45) is 3.53. The van der Waals surface area contributed by atoms with Gasteiger partial charge in [-0.25, -0.2) is 0 Å². The summed E-state index contributed by atoms with van der Waals surface area (Å²) in [6, 6.07) is 0. The summed E-state index contributed by atoms with van der Waals surface area (Å²) in [5, 5.41) is 0. The van der Waals surface area contributed by atoms with Crippen molar-refractivity contribution in [3.05, 3.63) is 11.3 Å². The van der Waals surface area contributed by atoms with Gasteiger partial charge in [-0.15, -0.1) is 0 Å². The molecule has 0 bridgehead atoms.